The summed E-state index contributed by atoms with van der Waals surface area (Å²) in [5.41, 5.74) is 2.60. The summed E-state index contributed by atoms with van der Waals surface area (Å²) < 4.78 is 0. The van der Waals surface area contributed by atoms with E-state index < -0.39 is 0 Å². The Bertz CT molecular complexity index is 582. The van der Waals surface area contributed by atoms with Crippen LogP contribution in [-0.2, 0) is 4.84 Å². The van der Waals surface area contributed by atoms with Crippen molar-refractivity contribution in [3.05, 3.63) is 64.9 Å². The molecule has 21 heavy (non-hydrogen) atoms. The van der Waals surface area contributed by atoms with Crippen molar-refractivity contribution < 1.29 is 4.84 Å². The average Bonchev–Trinajstić information content (AvgIpc) is 2.49. The van der Waals surface area contributed by atoms with Crippen molar-refractivity contribution >= 4 is 17.3 Å². The normalized spacial score (nSPS) is 11.7. The van der Waals surface area contributed by atoms with Gasteiger partial charge in [0.1, 0.15) is 12.3 Å². The van der Waals surface area contributed by atoms with E-state index in [4.69, 9.17) is 16.4 Å². The molecule has 0 unspecified atom stereocenters. The zero-order valence-electron chi connectivity index (χ0n) is 12.2. The van der Waals surface area contributed by atoms with E-state index in [0.717, 1.165) is 23.4 Å². The number of rotatable bonds is 6. The lowest BCUT2D eigenvalue weighted by molar-refractivity contribution is 0.126. The summed E-state index contributed by atoms with van der Waals surface area (Å²) in [5, 5.41) is 4.97. The molecule has 0 saturated heterocycles. The van der Waals surface area contributed by atoms with Gasteiger partial charge < -0.3 is 9.74 Å². The van der Waals surface area contributed by atoms with Crippen LogP contribution in [-0.4, -0.2) is 42.8 Å². The van der Waals surface area contributed by atoms with Crippen molar-refractivity contribution in [2.45, 2.75) is 0 Å². The second-order valence-corrected chi connectivity index (χ2v) is 5.26. The molecule has 0 aliphatic heterocycles. The lowest BCUT2D eigenvalue weighted by Gasteiger charge is -2.10. The van der Waals surface area contributed by atoms with Crippen LogP contribution in [0, 0.1) is 0 Å². The molecule has 2 rings (SSSR count). The van der Waals surface area contributed by atoms with Crippen LogP contribution in [0.25, 0.3) is 0 Å². The van der Waals surface area contributed by atoms with Crippen LogP contribution in [0.3, 0.4) is 0 Å². The number of pyridine rings is 1. The first kappa shape index (κ1) is 15.5. The first-order valence-corrected chi connectivity index (χ1v) is 7.05. The molecule has 0 fully saturated rings. The Balaban J connectivity index is 2.22. The Hall–Kier alpha value is -1.91. The molecule has 110 valence electrons. The molecule has 4 nitrogen and oxygen atoms in total. The standard InChI is InChI=1S/C16H18ClN3O/c1-20(2)10-11-21-19-16(14-4-3-9-18-12-14)13-5-7-15(17)8-6-13/h3-9,12H,10-11H2,1-2H3/b19-16-. The van der Waals surface area contributed by atoms with Crippen molar-refractivity contribution in [3.63, 3.8) is 0 Å². The molecule has 5 heteroatoms. The van der Waals surface area contributed by atoms with E-state index in [0.29, 0.717) is 11.6 Å². The number of hydrogen-bond donors (Lipinski definition) is 0. The predicted molar refractivity (Wildman–Crippen MR) is 85.8 cm³/mol. The van der Waals surface area contributed by atoms with Crippen LogP contribution >= 0.6 is 11.6 Å². The van der Waals surface area contributed by atoms with Crippen molar-refractivity contribution in [3.8, 4) is 0 Å². The summed E-state index contributed by atoms with van der Waals surface area (Å²) in [4.78, 5) is 11.6. The van der Waals surface area contributed by atoms with Crippen molar-refractivity contribution in [1.82, 2.24) is 9.88 Å². The average molecular weight is 304 g/mol. The summed E-state index contributed by atoms with van der Waals surface area (Å²) in [7, 11) is 3.99. The molecule has 0 bridgehead atoms. The molecule has 1 aromatic heterocycles. The van der Waals surface area contributed by atoms with Gasteiger partial charge in [0, 0.05) is 35.1 Å². The van der Waals surface area contributed by atoms with Gasteiger partial charge in [-0.15, -0.1) is 0 Å². The Morgan fingerprint density at radius 3 is 2.57 bits per heavy atom. The van der Waals surface area contributed by atoms with Gasteiger partial charge in [0.15, 0.2) is 0 Å². The van der Waals surface area contributed by atoms with Crippen LogP contribution in [0.1, 0.15) is 11.1 Å². The van der Waals surface area contributed by atoms with Crippen molar-refractivity contribution in [2.75, 3.05) is 27.2 Å². The molecule has 1 aromatic carbocycles. The van der Waals surface area contributed by atoms with E-state index in [-0.39, 0.29) is 0 Å². The molecule has 0 radical (unpaired) electrons. The largest absolute Gasteiger partial charge is 0.394 e. The minimum Gasteiger partial charge on any atom is -0.394 e. The minimum atomic E-state index is 0.532. The van der Waals surface area contributed by atoms with Gasteiger partial charge in [0.05, 0.1) is 0 Å². The SMILES string of the molecule is CN(C)CCO/N=C(/c1ccc(Cl)cc1)c1cccnc1. The zero-order chi connectivity index (χ0) is 15.1. The highest BCUT2D eigenvalue weighted by Crippen LogP contribution is 2.14. The number of benzene rings is 1. The number of halogens is 1. The van der Waals surface area contributed by atoms with E-state index in [9.17, 15) is 0 Å². The van der Waals surface area contributed by atoms with Crippen LogP contribution < -0.4 is 0 Å². The van der Waals surface area contributed by atoms with Gasteiger partial charge in [-0.2, -0.15) is 0 Å². The molecule has 2 aromatic rings. The number of aromatic nitrogens is 1. The molecule has 0 aliphatic carbocycles. The van der Waals surface area contributed by atoms with Crippen LogP contribution in [0.4, 0.5) is 0 Å². The fourth-order valence-corrected chi connectivity index (χ4v) is 1.84. The first-order valence-electron chi connectivity index (χ1n) is 6.68. The number of oxime groups is 1. The maximum atomic E-state index is 5.94. The molecule has 1 heterocycles. The molecule has 0 aliphatic rings. The van der Waals surface area contributed by atoms with E-state index in [1.54, 1.807) is 12.4 Å². The summed E-state index contributed by atoms with van der Waals surface area (Å²) in [6.07, 6.45) is 3.50. The first-order chi connectivity index (χ1) is 10.2. The quantitative estimate of drug-likeness (QED) is 0.467. The second-order valence-electron chi connectivity index (χ2n) is 4.82. The summed E-state index contributed by atoms with van der Waals surface area (Å²) in [6, 6.07) is 11.3. The Labute approximate surface area is 130 Å². The smallest absolute Gasteiger partial charge is 0.129 e. The van der Waals surface area contributed by atoms with Crippen molar-refractivity contribution in [1.29, 1.82) is 0 Å². The maximum Gasteiger partial charge on any atom is 0.129 e. The van der Waals surface area contributed by atoms with Gasteiger partial charge >= 0.3 is 0 Å². The maximum absolute atomic E-state index is 5.94. The van der Waals surface area contributed by atoms with E-state index in [2.05, 4.69) is 10.1 Å². The van der Waals surface area contributed by atoms with E-state index in [1.165, 1.54) is 0 Å². The van der Waals surface area contributed by atoms with Gasteiger partial charge in [0.25, 0.3) is 0 Å². The fraction of sp³-hybridized carbons (Fsp3) is 0.250. The zero-order valence-corrected chi connectivity index (χ0v) is 12.9. The Morgan fingerprint density at radius 1 is 1.19 bits per heavy atom. The lowest BCUT2D eigenvalue weighted by atomic mass is 10.0. The van der Waals surface area contributed by atoms with Crippen LogP contribution in [0.15, 0.2) is 53.9 Å². The van der Waals surface area contributed by atoms with Gasteiger partial charge in [-0.25, -0.2) is 0 Å². The van der Waals surface area contributed by atoms with E-state index in [1.807, 2.05) is 55.4 Å². The highest BCUT2D eigenvalue weighted by atomic mass is 35.5. The Morgan fingerprint density at radius 2 is 1.95 bits per heavy atom. The minimum absolute atomic E-state index is 0.532. The van der Waals surface area contributed by atoms with Gasteiger partial charge in [0.2, 0.25) is 0 Å². The molecule has 0 N–H and O–H groups in total. The van der Waals surface area contributed by atoms with Gasteiger partial charge in [-0.05, 0) is 38.4 Å². The number of hydrogen-bond acceptors (Lipinski definition) is 4. The fourth-order valence-electron chi connectivity index (χ4n) is 1.72. The van der Waals surface area contributed by atoms with Crippen LogP contribution in [0.5, 0.6) is 0 Å². The third-order valence-electron chi connectivity index (χ3n) is 2.84. The number of nitrogens with zero attached hydrogens (tertiary/aromatic N) is 3. The van der Waals surface area contributed by atoms with Crippen molar-refractivity contribution in [2.24, 2.45) is 5.16 Å². The monoisotopic (exact) mass is 303 g/mol. The number of likely N-dealkylation sites (N-methyl/N-ethyl adjacent to an activating group) is 1. The molecule has 0 spiro atoms. The molecular formula is C16H18ClN3O. The second kappa shape index (κ2) is 7.76. The Kier molecular flexibility index (Phi) is 5.72. The van der Waals surface area contributed by atoms with Crippen LogP contribution in [0.2, 0.25) is 5.02 Å². The topological polar surface area (TPSA) is 37.7 Å². The molecule has 0 saturated carbocycles. The summed E-state index contributed by atoms with van der Waals surface area (Å²) >= 11 is 5.94. The summed E-state index contributed by atoms with van der Waals surface area (Å²) in [6.45, 7) is 1.34. The highest BCUT2D eigenvalue weighted by Gasteiger charge is 2.08. The highest BCUT2D eigenvalue weighted by molar-refractivity contribution is 6.30. The third-order valence-corrected chi connectivity index (χ3v) is 3.09. The third kappa shape index (κ3) is 4.85. The van der Waals surface area contributed by atoms with E-state index >= 15 is 0 Å². The van der Waals surface area contributed by atoms with Gasteiger partial charge in [-0.1, -0.05) is 28.9 Å². The molecule has 0 atom stereocenters. The van der Waals surface area contributed by atoms with Gasteiger partial charge in [-0.3, -0.25) is 4.98 Å². The lowest BCUT2D eigenvalue weighted by Crippen LogP contribution is -2.17. The predicted octanol–water partition coefficient (Wildman–Crippen LogP) is 3.07. The molecular weight excluding hydrogens is 286 g/mol. The molecule has 0 amide bonds. The summed E-state index contributed by atoms with van der Waals surface area (Å²) in [5.74, 6) is 0.